The summed E-state index contributed by atoms with van der Waals surface area (Å²) in [7, 11) is 1.34. The van der Waals surface area contributed by atoms with Gasteiger partial charge in [0.15, 0.2) is 28.7 Å². The molecule has 0 fully saturated rings. The van der Waals surface area contributed by atoms with Gasteiger partial charge in [0.25, 0.3) is 0 Å². The number of carbonyl (C=O) groups excluding carboxylic acids is 1. The zero-order chi connectivity index (χ0) is 22.4. The molecule has 3 rings (SSSR count). The Labute approximate surface area is 177 Å². The van der Waals surface area contributed by atoms with E-state index in [1.54, 1.807) is 24.3 Å². The van der Waals surface area contributed by atoms with Gasteiger partial charge in [-0.25, -0.2) is 9.79 Å². The van der Waals surface area contributed by atoms with Crippen molar-refractivity contribution in [2.24, 2.45) is 4.99 Å². The number of rotatable bonds is 9. The normalized spacial score (nSPS) is 14.5. The number of benzene rings is 2. The van der Waals surface area contributed by atoms with Crippen molar-refractivity contribution in [2.45, 2.75) is 20.5 Å². The fraction of sp³-hybridized carbons (Fsp3) is 0.273. The van der Waals surface area contributed by atoms with Gasteiger partial charge in [0.2, 0.25) is 5.90 Å². The van der Waals surface area contributed by atoms with Crippen LogP contribution in [0.4, 0.5) is 8.78 Å². The van der Waals surface area contributed by atoms with E-state index < -0.39 is 12.6 Å². The Morgan fingerprint density at radius 2 is 1.71 bits per heavy atom. The second kappa shape index (κ2) is 9.92. The van der Waals surface area contributed by atoms with E-state index in [2.05, 4.69) is 9.73 Å². The number of ether oxygens (including phenoxy) is 5. The lowest BCUT2D eigenvalue weighted by Gasteiger charge is -2.11. The molecule has 0 aliphatic carbocycles. The van der Waals surface area contributed by atoms with Crippen molar-refractivity contribution < 1.29 is 37.3 Å². The van der Waals surface area contributed by atoms with Crippen LogP contribution >= 0.6 is 0 Å². The number of nitrogens with zero attached hydrogens (tertiary/aromatic N) is 1. The Morgan fingerprint density at radius 3 is 2.39 bits per heavy atom. The molecule has 0 aromatic heterocycles. The number of carbonyl (C=O) groups is 1. The molecule has 0 unspecified atom stereocenters. The molecule has 0 saturated heterocycles. The van der Waals surface area contributed by atoms with Crippen molar-refractivity contribution in [3.8, 4) is 23.0 Å². The Hall–Kier alpha value is -3.62. The molecule has 164 valence electrons. The highest BCUT2D eigenvalue weighted by Gasteiger charge is 2.25. The number of hydrogen-bond acceptors (Lipinski definition) is 7. The lowest BCUT2D eigenvalue weighted by atomic mass is 10.1. The molecule has 0 amide bonds. The van der Waals surface area contributed by atoms with Gasteiger partial charge in [0, 0.05) is 5.56 Å². The summed E-state index contributed by atoms with van der Waals surface area (Å²) < 4.78 is 51.1. The summed E-state index contributed by atoms with van der Waals surface area (Å²) in [6.45, 7) is 1.59. The molecular formula is C22H21F2NO6. The summed E-state index contributed by atoms with van der Waals surface area (Å²) in [4.78, 5) is 16.5. The monoisotopic (exact) mass is 433 g/mol. The minimum Gasteiger partial charge on any atom is -0.493 e. The van der Waals surface area contributed by atoms with Crippen LogP contribution in [0.15, 0.2) is 47.1 Å². The van der Waals surface area contributed by atoms with Crippen LogP contribution in [0.3, 0.4) is 0 Å². The highest BCUT2D eigenvalue weighted by molar-refractivity contribution is 6.13. The predicted octanol–water partition coefficient (Wildman–Crippen LogP) is 4.44. The van der Waals surface area contributed by atoms with Crippen molar-refractivity contribution in [3.63, 3.8) is 0 Å². The summed E-state index contributed by atoms with van der Waals surface area (Å²) in [6, 6.07) is 9.43. The van der Waals surface area contributed by atoms with Crippen LogP contribution in [0.2, 0.25) is 0 Å². The fourth-order valence-corrected chi connectivity index (χ4v) is 2.85. The van der Waals surface area contributed by atoms with E-state index in [4.69, 9.17) is 18.9 Å². The van der Waals surface area contributed by atoms with Crippen LogP contribution in [0, 0.1) is 0 Å². The number of esters is 1. The SMILES string of the molecule is CCOc1ccc(C2=N/C(=C\c3ccc(OC)c(OC(F)F)c3)C(=O)O2)cc1OCC. The van der Waals surface area contributed by atoms with Crippen molar-refractivity contribution in [1.29, 1.82) is 0 Å². The van der Waals surface area contributed by atoms with Crippen LogP contribution < -0.4 is 18.9 Å². The van der Waals surface area contributed by atoms with Gasteiger partial charge in [-0.2, -0.15) is 8.78 Å². The van der Waals surface area contributed by atoms with Gasteiger partial charge in [-0.05, 0) is 55.8 Å². The molecule has 0 saturated carbocycles. The molecule has 9 heteroatoms. The average molecular weight is 433 g/mol. The first-order chi connectivity index (χ1) is 14.9. The van der Waals surface area contributed by atoms with Gasteiger partial charge in [0.05, 0.1) is 20.3 Å². The molecular weight excluding hydrogens is 412 g/mol. The van der Waals surface area contributed by atoms with Gasteiger partial charge < -0.3 is 23.7 Å². The van der Waals surface area contributed by atoms with Crippen LogP contribution in [0.5, 0.6) is 23.0 Å². The number of alkyl halides is 2. The van der Waals surface area contributed by atoms with E-state index in [9.17, 15) is 13.6 Å². The summed E-state index contributed by atoms with van der Waals surface area (Å²) in [5.41, 5.74) is 0.949. The summed E-state index contributed by atoms with van der Waals surface area (Å²) in [5, 5.41) is 0. The van der Waals surface area contributed by atoms with E-state index in [1.165, 1.54) is 25.3 Å². The van der Waals surface area contributed by atoms with Gasteiger partial charge in [0.1, 0.15) is 0 Å². The largest absolute Gasteiger partial charge is 0.493 e. The summed E-state index contributed by atoms with van der Waals surface area (Å²) in [5.74, 6) is 0.473. The Kier molecular flexibility index (Phi) is 7.07. The molecule has 0 atom stereocenters. The summed E-state index contributed by atoms with van der Waals surface area (Å²) in [6.07, 6.45) is 1.41. The summed E-state index contributed by atoms with van der Waals surface area (Å²) >= 11 is 0. The minimum atomic E-state index is -3.02. The fourth-order valence-electron chi connectivity index (χ4n) is 2.85. The lowest BCUT2D eigenvalue weighted by molar-refractivity contribution is -0.129. The maximum atomic E-state index is 12.6. The molecule has 7 nitrogen and oxygen atoms in total. The second-order valence-electron chi connectivity index (χ2n) is 6.15. The minimum absolute atomic E-state index is 0.00927. The third kappa shape index (κ3) is 5.30. The van der Waals surface area contributed by atoms with E-state index in [1.807, 2.05) is 13.8 Å². The quantitative estimate of drug-likeness (QED) is 0.430. The lowest BCUT2D eigenvalue weighted by Crippen LogP contribution is -2.06. The molecule has 0 radical (unpaired) electrons. The highest BCUT2D eigenvalue weighted by Crippen LogP contribution is 2.32. The highest BCUT2D eigenvalue weighted by atomic mass is 19.3. The molecule has 31 heavy (non-hydrogen) atoms. The van der Waals surface area contributed by atoms with Crippen molar-refractivity contribution in [2.75, 3.05) is 20.3 Å². The topological polar surface area (TPSA) is 75.6 Å². The average Bonchev–Trinajstić information content (AvgIpc) is 3.10. The zero-order valence-electron chi connectivity index (χ0n) is 17.2. The Balaban J connectivity index is 1.91. The molecule has 2 aromatic carbocycles. The van der Waals surface area contributed by atoms with E-state index in [0.717, 1.165) is 0 Å². The van der Waals surface area contributed by atoms with E-state index >= 15 is 0 Å². The Morgan fingerprint density at radius 1 is 1.00 bits per heavy atom. The van der Waals surface area contributed by atoms with Crippen LogP contribution in [0.1, 0.15) is 25.0 Å². The first-order valence-electron chi connectivity index (χ1n) is 9.50. The molecule has 1 aliphatic heterocycles. The number of aliphatic imine (C=N–C) groups is 1. The van der Waals surface area contributed by atoms with Crippen molar-refractivity contribution in [1.82, 2.24) is 0 Å². The number of hydrogen-bond donors (Lipinski definition) is 0. The third-order valence-electron chi connectivity index (χ3n) is 4.12. The van der Waals surface area contributed by atoms with E-state index in [0.29, 0.717) is 35.8 Å². The van der Waals surface area contributed by atoms with Crippen LogP contribution in [0.25, 0.3) is 6.08 Å². The Bertz CT molecular complexity index is 1020. The molecule has 2 aromatic rings. The predicted molar refractivity (Wildman–Crippen MR) is 109 cm³/mol. The van der Waals surface area contributed by atoms with Crippen molar-refractivity contribution >= 4 is 17.9 Å². The number of cyclic esters (lactones) is 1. The van der Waals surface area contributed by atoms with Gasteiger partial charge >= 0.3 is 12.6 Å². The number of methoxy groups -OCH3 is 1. The molecule has 1 aliphatic rings. The second-order valence-corrected chi connectivity index (χ2v) is 6.15. The molecule has 0 N–H and O–H groups in total. The van der Waals surface area contributed by atoms with Crippen LogP contribution in [-0.2, 0) is 9.53 Å². The maximum Gasteiger partial charge on any atom is 0.387 e. The van der Waals surface area contributed by atoms with Crippen molar-refractivity contribution in [3.05, 3.63) is 53.2 Å². The molecule has 0 bridgehead atoms. The number of halogens is 2. The van der Waals surface area contributed by atoms with Gasteiger partial charge in [-0.15, -0.1) is 0 Å². The van der Waals surface area contributed by atoms with E-state index in [-0.39, 0.29) is 23.1 Å². The van der Waals surface area contributed by atoms with Gasteiger partial charge in [-0.3, -0.25) is 0 Å². The smallest absolute Gasteiger partial charge is 0.387 e. The van der Waals surface area contributed by atoms with Gasteiger partial charge in [-0.1, -0.05) is 6.07 Å². The molecule has 1 heterocycles. The van der Waals surface area contributed by atoms with Crippen LogP contribution in [-0.4, -0.2) is 38.8 Å². The maximum absolute atomic E-state index is 12.6. The third-order valence-corrected chi connectivity index (χ3v) is 4.12. The first-order valence-corrected chi connectivity index (χ1v) is 9.50. The molecule has 0 spiro atoms. The first kappa shape index (κ1) is 22.1. The standard InChI is InChI=1S/C22H21F2NO6/c1-4-28-17-9-7-14(12-18(17)29-5-2)20-25-15(21(26)31-20)10-13-6-8-16(27-3)19(11-13)30-22(23)24/h6-12,22H,4-5H2,1-3H3/b15-10-. The zero-order valence-corrected chi connectivity index (χ0v) is 17.2.